The summed E-state index contributed by atoms with van der Waals surface area (Å²) in [6.45, 7) is 7.43. The molecule has 2 aliphatic rings. The normalized spacial score (nSPS) is 18.0. The lowest BCUT2D eigenvalue weighted by Gasteiger charge is -1.91. The maximum atomic E-state index is 4.50. The molecule has 0 atom stereocenters. The molecule has 0 bridgehead atoms. The summed E-state index contributed by atoms with van der Waals surface area (Å²) in [5.41, 5.74) is 4.73. The first-order valence-corrected chi connectivity index (χ1v) is 4.77. The molecule has 0 spiro atoms. The Balaban J connectivity index is 2.17. The molecule has 1 heteroatoms. The van der Waals surface area contributed by atoms with E-state index in [0.717, 1.165) is 24.3 Å². The summed E-state index contributed by atoms with van der Waals surface area (Å²) < 4.78 is 0. The highest BCUT2D eigenvalue weighted by Gasteiger charge is 2.16. The van der Waals surface area contributed by atoms with Crippen molar-refractivity contribution in [3.05, 3.63) is 60.4 Å². The van der Waals surface area contributed by atoms with Gasteiger partial charge >= 0.3 is 0 Å². The van der Waals surface area contributed by atoms with Gasteiger partial charge in [-0.25, -0.2) is 0 Å². The Bertz CT molecular complexity index is 363. The molecular formula is C13H13N. The third-order valence-electron chi connectivity index (χ3n) is 2.28. The Morgan fingerprint density at radius 1 is 1.07 bits per heavy atom. The van der Waals surface area contributed by atoms with Crippen LogP contribution in [0.5, 0.6) is 0 Å². The van der Waals surface area contributed by atoms with Crippen LogP contribution in [0.4, 0.5) is 0 Å². The van der Waals surface area contributed by atoms with Crippen molar-refractivity contribution >= 4 is 5.71 Å². The zero-order valence-electron chi connectivity index (χ0n) is 8.16. The lowest BCUT2D eigenvalue weighted by molar-refractivity contribution is 1.30. The van der Waals surface area contributed by atoms with Crippen LogP contribution in [0.25, 0.3) is 0 Å². The van der Waals surface area contributed by atoms with E-state index in [1.54, 1.807) is 0 Å². The highest BCUT2D eigenvalue weighted by molar-refractivity contribution is 6.01. The van der Waals surface area contributed by atoms with Crippen molar-refractivity contribution in [1.29, 1.82) is 0 Å². The minimum Gasteiger partial charge on any atom is -0.252 e. The van der Waals surface area contributed by atoms with Crippen molar-refractivity contribution in [2.75, 3.05) is 0 Å². The summed E-state index contributed by atoms with van der Waals surface area (Å²) in [5.74, 6) is 0. The van der Waals surface area contributed by atoms with Gasteiger partial charge in [0.05, 0.1) is 5.70 Å². The van der Waals surface area contributed by atoms with Gasteiger partial charge < -0.3 is 0 Å². The van der Waals surface area contributed by atoms with Gasteiger partial charge in [0, 0.05) is 17.7 Å². The van der Waals surface area contributed by atoms with Crippen LogP contribution in [0.2, 0.25) is 0 Å². The quantitative estimate of drug-likeness (QED) is 0.593. The molecule has 0 radical (unpaired) electrons. The van der Waals surface area contributed by atoms with Crippen LogP contribution < -0.4 is 0 Å². The van der Waals surface area contributed by atoms with Gasteiger partial charge in [-0.3, -0.25) is 4.99 Å². The second-order valence-electron chi connectivity index (χ2n) is 3.44. The summed E-state index contributed by atoms with van der Waals surface area (Å²) in [6.07, 6.45) is 12.0. The van der Waals surface area contributed by atoms with Crippen molar-refractivity contribution in [3.8, 4) is 0 Å². The minimum absolute atomic E-state index is 0.853. The average Bonchev–Trinajstić information content (AvgIpc) is 2.62. The molecule has 0 fully saturated rings. The van der Waals surface area contributed by atoms with Gasteiger partial charge in [-0.05, 0) is 30.2 Å². The zero-order valence-corrected chi connectivity index (χ0v) is 8.16. The molecule has 1 heterocycles. The lowest BCUT2D eigenvalue weighted by Crippen LogP contribution is -1.85. The van der Waals surface area contributed by atoms with Crippen LogP contribution in [-0.4, -0.2) is 5.71 Å². The molecule has 1 aliphatic carbocycles. The smallest absolute Gasteiger partial charge is 0.0709 e. The Hall–Kier alpha value is -1.63. The standard InChI is InChI=1S/C13H13N/c1-3-5-10-7-11-9-12(6-4-2)14-13(11)8-10/h3-4,7-9H,1-2,5-6H2. The van der Waals surface area contributed by atoms with E-state index in [0.29, 0.717) is 0 Å². The van der Waals surface area contributed by atoms with E-state index < -0.39 is 0 Å². The number of nitrogens with zero attached hydrogens (tertiary/aromatic N) is 1. The molecule has 0 aromatic heterocycles. The molecule has 0 saturated carbocycles. The van der Waals surface area contributed by atoms with E-state index >= 15 is 0 Å². The van der Waals surface area contributed by atoms with Crippen molar-refractivity contribution in [1.82, 2.24) is 0 Å². The molecule has 70 valence electrons. The highest BCUT2D eigenvalue weighted by Crippen LogP contribution is 2.30. The van der Waals surface area contributed by atoms with Gasteiger partial charge in [0.1, 0.15) is 0 Å². The fraction of sp³-hybridized carbons (Fsp3) is 0.154. The van der Waals surface area contributed by atoms with Gasteiger partial charge in [0.2, 0.25) is 0 Å². The topological polar surface area (TPSA) is 12.4 Å². The number of fused-ring (bicyclic) bond motifs is 1. The molecule has 14 heavy (non-hydrogen) atoms. The molecule has 1 aliphatic heterocycles. The first kappa shape index (κ1) is 8.95. The zero-order chi connectivity index (χ0) is 9.97. The van der Waals surface area contributed by atoms with Crippen LogP contribution >= 0.6 is 0 Å². The van der Waals surface area contributed by atoms with Crippen molar-refractivity contribution in [3.63, 3.8) is 0 Å². The number of hydrogen-bond acceptors (Lipinski definition) is 1. The third kappa shape index (κ3) is 1.53. The van der Waals surface area contributed by atoms with Crippen LogP contribution in [0.1, 0.15) is 12.8 Å². The maximum Gasteiger partial charge on any atom is 0.0709 e. The first-order valence-electron chi connectivity index (χ1n) is 4.77. The van der Waals surface area contributed by atoms with Crippen molar-refractivity contribution in [2.24, 2.45) is 4.99 Å². The molecule has 0 saturated heterocycles. The molecular weight excluding hydrogens is 170 g/mol. The van der Waals surface area contributed by atoms with Crippen LogP contribution in [0.15, 0.2) is 65.4 Å². The molecule has 0 aromatic rings. The maximum absolute atomic E-state index is 4.50. The van der Waals surface area contributed by atoms with E-state index in [1.165, 1.54) is 11.1 Å². The Labute approximate surface area is 84.6 Å². The predicted octanol–water partition coefficient (Wildman–Crippen LogP) is 3.34. The molecule has 0 amide bonds. The molecule has 0 unspecified atom stereocenters. The summed E-state index contributed by atoms with van der Waals surface area (Å²) in [5, 5.41) is 0. The predicted molar refractivity (Wildman–Crippen MR) is 61.3 cm³/mol. The van der Waals surface area contributed by atoms with Gasteiger partial charge in [-0.2, -0.15) is 0 Å². The number of rotatable bonds is 4. The fourth-order valence-electron chi connectivity index (χ4n) is 1.69. The summed E-state index contributed by atoms with van der Waals surface area (Å²) in [4.78, 5) is 4.50. The highest BCUT2D eigenvalue weighted by atomic mass is 14.8. The second-order valence-corrected chi connectivity index (χ2v) is 3.44. The summed E-state index contributed by atoms with van der Waals surface area (Å²) in [7, 11) is 0. The van der Waals surface area contributed by atoms with E-state index in [1.807, 2.05) is 12.2 Å². The fourth-order valence-corrected chi connectivity index (χ4v) is 1.69. The third-order valence-corrected chi connectivity index (χ3v) is 2.28. The minimum atomic E-state index is 0.853. The van der Waals surface area contributed by atoms with Crippen LogP contribution in [0.3, 0.4) is 0 Å². The summed E-state index contributed by atoms with van der Waals surface area (Å²) in [6, 6.07) is 0. The van der Waals surface area contributed by atoms with Gasteiger partial charge in [0.15, 0.2) is 0 Å². The van der Waals surface area contributed by atoms with Crippen molar-refractivity contribution < 1.29 is 0 Å². The number of aliphatic imine (C=N–C) groups is 1. The molecule has 1 nitrogen and oxygen atoms in total. The second kappa shape index (κ2) is 3.62. The van der Waals surface area contributed by atoms with E-state index in [9.17, 15) is 0 Å². The van der Waals surface area contributed by atoms with Gasteiger partial charge in [0.25, 0.3) is 0 Å². The van der Waals surface area contributed by atoms with E-state index in [2.05, 4.69) is 36.4 Å². The Morgan fingerprint density at radius 2 is 1.86 bits per heavy atom. The number of hydrogen-bond donors (Lipinski definition) is 0. The monoisotopic (exact) mass is 183 g/mol. The molecule has 0 N–H and O–H groups in total. The Kier molecular flexibility index (Phi) is 2.32. The largest absolute Gasteiger partial charge is 0.252 e. The van der Waals surface area contributed by atoms with Crippen molar-refractivity contribution in [2.45, 2.75) is 12.8 Å². The number of allylic oxidation sites excluding steroid dienone is 6. The SMILES string of the molecule is C=CCC1=CC2=CC(CC=C)=NC2=C1. The lowest BCUT2D eigenvalue weighted by atomic mass is 10.2. The average molecular weight is 183 g/mol. The van der Waals surface area contributed by atoms with E-state index in [4.69, 9.17) is 0 Å². The summed E-state index contributed by atoms with van der Waals surface area (Å²) >= 11 is 0. The first-order chi connectivity index (χ1) is 6.83. The molecule has 0 aromatic carbocycles. The Morgan fingerprint density at radius 3 is 2.50 bits per heavy atom. The van der Waals surface area contributed by atoms with Crippen LogP contribution in [0, 0.1) is 0 Å². The van der Waals surface area contributed by atoms with Gasteiger partial charge in [-0.15, -0.1) is 13.2 Å². The van der Waals surface area contributed by atoms with Crippen LogP contribution in [-0.2, 0) is 0 Å². The van der Waals surface area contributed by atoms with E-state index in [-0.39, 0.29) is 0 Å². The van der Waals surface area contributed by atoms with Gasteiger partial charge in [-0.1, -0.05) is 12.2 Å². The molecule has 2 rings (SSSR count).